The van der Waals surface area contributed by atoms with Crippen LogP contribution in [0.2, 0.25) is 0 Å². The van der Waals surface area contributed by atoms with Gasteiger partial charge in [0, 0.05) is 11.6 Å². The highest BCUT2D eigenvalue weighted by molar-refractivity contribution is 9.10. The number of hydrogen-bond donors (Lipinski definition) is 0. The second-order valence-electron chi connectivity index (χ2n) is 6.06. The largest absolute Gasteiger partial charge is 0.493 e. The highest BCUT2D eigenvalue weighted by Gasteiger charge is 2.24. The van der Waals surface area contributed by atoms with E-state index in [2.05, 4.69) is 22.9 Å². The van der Waals surface area contributed by atoms with Crippen molar-refractivity contribution in [3.8, 4) is 11.5 Å². The van der Waals surface area contributed by atoms with Crippen LogP contribution in [0.4, 0.5) is 0 Å². The van der Waals surface area contributed by atoms with E-state index in [1.54, 1.807) is 19.2 Å². The molecule has 0 bridgehead atoms. The van der Waals surface area contributed by atoms with Gasteiger partial charge >= 0.3 is 5.97 Å². The Morgan fingerprint density at radius 2 is 1.92 bits per heavy atom. The van der Waals surface area contributed by atoms with E-state index in [0.29, 0.717) is 23.7 Å². The summed E-state index contributed by atoms with van der Waals surface area (Å²) in [7, 11) is 1.65. The summed E-state index contributed by atoms with van der Waals surface area (Å²) in [6, 6.07) is 10.9. The Morgan fingerprint density at radius 3 is 2.54 bits per heavy atom. The maximum Gasteiger partial charge on any atom is 0.347 e. The molecule has 0 aromatic heterocycles. The van der Waals surface area contributed by atoms with Crippen LogP contribution in [0.3, 0.4) is 0 Å². The molecule has 2 rings (SSSR count). The highest BCUT2D eigenvalue weighted by atomic mass is 79.9. The molecular formula is C21H25BrO4. The molecule has 1 unspecified atom stereocenters. The number of methoxy groups -OCH3 is 1. The molecule has 0 N–H and O–H groups in total. The van der Waals surface area contributed by atoms with Gasteiger partial charge in [0.05, 0.1) is 12.7 Å². The van der Waals surface area contributed by atoms with E-state index < -0.39 is 5.97 Å². The number of hydrogen-bond acceptors (Lipinski definition) is 4. The summed E-state index contributed by atoms with van der Waals surface area (Å²) in [5.41, 5.74) is 2.15. The molecule has 5 heteroatoms. The summed E-state index contributed by atoms with van der Waals surface area (Å²) in [5, 5.41) is 0. The zero-order valence-electron chi connectivity index (χ0n) is 15.7. The molecule has 0 saturated carbocycles. The van der Waals surface area contributed by atoms with Crippen molar-refractivity contribution in [2.75, 3.05) is 13.7 Å². The van der Waals surface area contributed by atoms with Gasteiger partial charge in [0.2, 0.25) is 0 Å². The van der Waals surface area contributed by atoms with E-state index in [-0.39, 0.29) is 6.10 Å². The molecule has 4 nitrogen and oxygen atoms in total. The van der Waals surface area contributed by atoms with E-state index in [0.717, 1.165) is 28.4 Å². The van der Waals surface area contributed by atoms with E-state index in [4.69, 9.17) is 14.2 Å². The van der Waals surface area contributed by atoms with Crippen molar-refractivity contribution in [1.82, 2.24) is 0 Å². The summed E-state index contributed by atoms with van der Waals surface area (Å²) in [5.74, 6) is 0.596. The minimum atomic E-state index is -0.433. The lowest BCUT2D eigenvalue weighted by molar-refractivity contribution is 0.0728. The fourth-order valence-electron chi connectivity index (χ4n) is 2.55. The Kier molecular flexibility index (Phi) is 7.66. The predicted molar refractivity (Wildman–Crippen MR) is 106 cm³/mol. The van der Waals surface area contributed by atoms with Crippen LogP contribution in [0.1, 0.15) is 54.3 Å². The molecule has 0 aliphatic heterocycles. The van der Waals surface area contributed by atoms with E-state index in [9.17, 15) is 4.79 Å². The number of esters is 1. The standard InChI is InChI=1S/C21H25BrO4/c1-5-6-12-25-18-13-17(15(3)24-4)20(22)14(2)19(18)21(23)26-16-10-8-7-9-11-16/h7-11,13,15H,5-6,12H2,1-4H3. The molecule has 2 aromatic carbocycles. The van der Waals surface area contributed by atoms with Crippen LogP contribution in [0, 0.1) is 6.92 Å². The van der Waals surface area contributed by atoms with Crippen LogP contribution in [-0.4, -0.2) is 19.7 Å². The third-order valence-electron chi connectivity index (χ3n) is 4.20. The molecule has 0 saturated heterocycles. The molecule has 0 heterocycles. The maximum atomic E-state index is 12.8. The van der Waals surface area contributed by atoms with Gasteiger partial charge in [-0.1, -0.05) is 47.5 Å². The van der Waals surface area contributed by atoms with Crippen molar-refractivity contribution in [3.05, 3.63) is 57.6 Å². The number of halogens is 1. The van der Waals surface area contributed by atoms with Crippen molar-refractivity contribution in [2.24, 2.45) is 0 Å². The van der Waals surface area contributed by atoms with Gasteiger partial charge in [-0.3, -0.25) is 0 Å². The van der Waals surface area contributed by atoms with E-state index in [1.807, 2.05) is 38.1 Å². The Labute approximate surface area is 163 Å². The fraction of sp³-hybridized carbons (Fsp3) is 0.381. The van der Waals surface area contributed by atoms with E-state index in [1.165, 1.54) is 0 Å². The Balaban J connectivity index is 2.44. The van der Waals surface area contributed by atoms with Gasteiger partial charge in [0.15, 0.2) is 0 Å². The lowest BCUT2D eigenvalue weighted by Crippen LogP contribution is -2.15. The van der Waals surface area contributed by atoms with Gasteiger partial charge in [0.1, 0.15) is 17.1 Å². The minimum Gasteiger partial charge on any atom is -0.493 e. The van der Waals surface area contributed by atoms with Crippen LogP contribution < -0.4 is 9.47 Å². The summed E-state index contributed by atoms with van der Waals surface area (Å²) in [6.07, 6.45) is 1.80. The van der Waals surface area contributed by atoms with Crippen LogP contribution >= 0.6 is 15.9 Å². The van der Waals surface area contributed by atoms with Gasteiger partial charge in [-0.25, -0.2) is 4.79 Å². The minimum absolute atomic E-state index is 0.129. The molecule has 26 heavy (non-hydrogen) atoms. The quantitative estimate of drug-likeness (QED) is 0.304. The van der Waals surface area contributed by atoms with Gasteiger partial charge in [0.25, 0.3) is 0 Å². The molecule has 0 aliphatic rings. The predicted octanol–water partition coefficient (Wildman–Crippen LogP) is 5.86. The molecule has 2 aromatic rings. The van der Waals surface area contributed by atoms with Gasteiger partial charge in [-0.05, 0) is 49.6 Å². The fourth-order valence-corrected chi connectivity index (χ4v) is 3.19. The molecule has 0 fully saturated rings. The highest BCUT2D eigenvalue weighted by Crippen LogP contribution is 2.37. The number of carbonyl (C=O) groups is 1. The first-order valence-electron chi connectivity index (χ1n) is 8.75. The lowest BCUT2D eigenvalue weighted by atomic mass is 10.0. The van der Waals surface area contributed by atoms with Crippen LogP contribution in [-0.2, 0) is 4.74 Å². The zero-order valence-corrected chi connectivity index (χ0v) is 17.3. The summed E-state index contributed by atoms with van der Waals surface area (Å²) in [4.78, 5) is 12.8. The van der Waals surface area contributed by atoms with Gasteiger partial charge in [-0.2, -0.15) is 0 Å². The SMILES string of the molecule is CCCCOc1cc(C(C)OC)c(Br)c(C)c1C(=O)Oc1ccccc1. The van der Waals surface area contributed by atoms with Crippen molar-refractivity contribution < 1.29 is 19.0 Å². The molecular weight excluding hydrogens is 396 g/mol. The lowest BCUT2D eigenvalue weighted by Gasteiger charge is -2.20. The second-order valence-corrected chi connectivity index (χ2v) is 6.85. The monoisotopic (exact) mass is 420 g/mol. The first-order chi connectivity index (χ1) is 12.5. The smallest absolute Gasteiger partial charge is 0.347 e. The van der Waals surface area contributed by atoms with Crippen molar-refractivity contribution >= 4 is 21.9 Å². The van der Waals surface area contributed by atoms with E-state index >= 15 is 0 Å². The average Bonchev–Trinajstić information content (AvgIpc) is 2.64. The van der Waals surface area contributed by atoms with Crippen molar-refractivity contribution in [1.29, 1.82) is 0 Å². The van der Waals surface area contributed by atoms with Crippen LogP contribution in [0.15, 0.2) is 40.9 Å². The number of benzene rings is 2. The van der Waals surface area contributed by atoms with Crippen LogP contribution in [0.25, 0.3) is 0 Å². The molecule has 0 spiro atoms. The summed E-state index contributed by atoms with van der Waals surface area (Å²) >= 11 is 3.60. The number of carbonyl (C=O) groups excluding carboxylic acids is 1. The van der Waals surface area contributed by atoms with Crippen molar-refractivity contribution in [3.63, 3.8) is 0 Å². The number of ether oxygens (including phenoxy) is 3. The van der Waals surface area contributed by atoms with Gasteiger partial charge in [-0.15, -0.1) is 0 Å². The topological polar surface area (TPSA) is 44.8 Å². The Hall–Kier alpha value is -1.85. The normalized spacial score (nSPS) is 11.9. The summed E-state index contributed by atoms with van der Waals surface area (Å²) < 4.78 is 17.7. The van der Waals surface area contributed by atoms with Crippen LogP contribution in [0.5, 0.6) is 11.5 Å². The first-order valence-corrected chi connectivity index (χ1v) is 9.54. The molecule has 0 amide bonds. The second kappa shape index (κ2) is 9.74. The average molecular weight is 421 g/mol. The number of rotatable bonds is 8. The zero-order chi connectivity index (χ0) is 19.1. The third kappa shape index (κ3) is 4.86. The first kappa shape index (κ1) is 20.5. The third-order valence-corrected chi connectivity index (χ3v) is 5.25. The number of unbranched alkanes of at least 4 members (excludes halogenated alkanes) is 1. The number of para-hydroxylation sites is 1. The Bertz CT molecular complexity index is 743. The van der Waals surface area contributed by atoms with Crippen molar-refractivity contribution in [2.45, 2.75) is 39.7 Å². The molecule has 140 valence electrons. The molecule has 0 aliphatic carbocycles. The molecule has 1 atom stereocenters. The maximum absolute atomic E-state index is 12.8. The summed E-state index contributed by atoms with van der Waals surface area (Å²) in [6.45, 7) is 6.48. The Morgan fingerprint density at radius 1 is 1.23 bits per heavy atom. The molecule has 0 radical (unpaired) electrons. The van der Waals surface area contributed by atoms with Gasteiger partial charge < -0.3 is 14.2 Å².